The van der Waals surface area contributed by atoms with Crippen molar-refractivity contribution in [1.82, 2.24) is 4.57 Å². The third-order valence-electron chi connectivity index (χ3n) is 13.0. The molecule has 0 spiro atoms. The molecule has 310 valence electrons. The molecule has 0 fully saturated rings. The molecule has 1 aromatic heterocycles. The first kappa shape index (κ1) is 38.9. The van der Waals surface area contributed by atoms with Crippen molar-refractivity contribution in [3.8, 4) is 61.3 Å². The first-order valence-electron chi connectivity index (χ1n) is 22.7. The number of para-hydroxylation sites is 4. The Balaban J connectivity index is 1.04. The zero-order valence-electron chi connectivity index (χ0n) is 36.3. The number of aromatic nitrogens is 1. The van der Waals surface area contributed by atoms with E-state index >= 15 is 0 Å². The van der Waals surface area contributed by atoms with Crippen molar-refractivity contribution in [2.24, 2.45) is 0 Å². The van der Waals surface area contributed by atoms with Crippen LogP contribution in [0.3, 0.4) is 0 Å². The van der Waals surface area contributed by atoms with Crippen molar-refractivity contribution in [2.45, 2.75) is 0 Å². The minimum absolute atomic E-state index is 1.09. The zero-order chi connectivity index (χ0) is 43.8. The number of hydrogen-bond donors (Lipinski definition) is 0. The minimum Gasteiger partial charge on any atom is -0.309 e. The van der Waals surface area contributed by atoms with Crippen LogP contribution in [-0.4, -0.2) is 4.57 Å². The molecule has 0 radical (unpaired) electrons. The highest BCUT2D eigenvalue weighted by atomic mass is 15.1. The Morgan fingerprint density at radius 2 is 0.788 bits per heavy atom. The molecule has 2 nitrogen and oxygen atoms in total. The van der Waals surface area contributed by atoms with Crippen LogP contribution in [0.15, 0.2) is 267 Å². The fourth-order valence-electron chi connectivity index (χ4n) is 9.87. The van der Waals surface area contributed by atoms with Crippen LogP contribution in [0, 0.1) is 0 Å². The average molecular weight is 841 g/mol. The van der Waals surface area contributed by atoms with Crippen LogP contribution in [0.2, 0.25) is 0 Å². The third-order valence-corrected chi connectivity index (χ3v) is 13.0. The number of nitrogens with zero attached hydrogens (tertiary/aromatic N) is 2. The summed E-state index contributed by atoms with van der Waals surface area (Å²) in [4.78, 5) is 2.43. The summed E-state index contributed by atoms with van der Waals surface area (Å²) in [6.45, 7) is 0. The Hall–Kier alpha value is -8.72. The minimum atomic E-state index is 1.09. The van der Waals surface area contributed by atoms with Gasteiger partial charge in [0.15, 0.2) is 0 Å². The standard InChI is InChI=1S/C64H44N2/c1-4-20-45(21-5-1)51-41-52(49-37-36-46-22-10-11-25-48(46)40-49)43-54(42-51)66-63-35-19-16-32-59(63)60-44-50(38-39-64(60)66)56-29-14-17-33-61(56)65(53-26-8-3-9-27-53)62-34-18-15-31-58(62)57-30-13-12-28-55(57)47-23-6-2-7-24-47/h1-44H. The molecule has 12 aromatic rings. The number of anilines is 3. The van der Waals surface area contributed by atoms with Gasteiger partial charge in [-0.05, 0) is 122 Å². The molecule has 0 N–H and O–H groups in total. The maximum Gasteiger partial charge on any atom is 0.0541 e. The maximum atomic E-state index is 2.45. The summed E-state index contributed by atoms with van der Waals surface area (Å²) < 4.78 is 2.45. The molecule has 0 saturated carbocycles. The largest absolute Gasteiger partial charge is 0.309 e. The highest BCUT2D eigenvalue weighted by Crippen LogP contribution is 2.47. The number of fused-ring (bicyclic) bond motifs is 4. The van der Waals surface area contributed by atoms with Crippen LogP contribution in [0.25, 0.3) is 93.9 Å². The van der Waals surface area contributed by atoms with E-state index in [1.807, 2.05) is 0 Å². The first-order chi connectivity index (χ1) is 32.7. The van der Waals surface area contributed by atoms with Gasteiger partial charge in [-0.2, -0.15) is 0 Å². The summed E-state index contributed by atoms with van der Waals surface area (Å²) in [6.07, 6.45) is 0. The van der Waals surface area contributed by atoms with Gasteiger partial charge in [0.2, 0.25) is 0 Å². The molecule has 0 bridgehead atoms. The molecule has 0 aliphatic carbocycles. The van der Waals surface area contributed by atoms with E-state index < -0.39 is 0 Å². The number of rotatable bonds is 9. The Bertz CT molecular complexity index is 3700. The van der Waals surface area contributed by atoms with Crippen LogP contribution in [0.1, 0.15) is 0 Å². The maximum absolute atomic E-state index is 2.45. The monoisotopic (exact) mass is 840 g/mol. The summed E-state index contributed by atoms with van der Waals surface area (Å²) in [7, 11) is 0. The van der Waals surface area contributed by atoms with E-state index in [0.29, 0.717) is 0 Å². The van der Waals surface area contributed by atoms with Gasteiger partial charge >= 0.3 is 0 Å². The lowest BCUT2D eigenvalue weighted by molar-refractivity contribution is 1.18. The summed E-state index contributed by atoms with van der Waals surface area (Å²) in [5.74, 6) is 0. The third kappa shape index (κ3) is 7.02. The van der Waals surface area contributed by atoms with E-state index in [4.69, 9.17) is 0 Å². The Morgan fingerprint density at radius 3 is 1.55 bits per heavy atom. The topological polar surface area (TPSA) is 8.17 Å². The van der Waals surface area contributed by atoms with Crippen LogP contribution in [0.4, 0.5) is 17.1 Å². The van der Waals surface area contributed by atoms with Crippen molar-refractivity contribution < 1.29 is 0 Å². The predicted octanol–water partition coefficient (Wildman–Crippen LogP) is 17.7. The quantitative estimate of drug-likeness (QED) is 0.141. The second-order valence-electron chi connectivity index (χ2n) is 16.9. The van der Waals surface area contributed by atoms with Crippen LogP contribution >= 0.6 is 0 Å². The lowest BCUT2D eigenvalue weighted by Gasteiger charge is -2.30. The van der Waals surface area contributed by atoms with Crippen molar-refractivity contribution in [3.05, 3.63) is 267 Å². The van der Waals surface area contributed by atoms with E-state index in [-0.39, 0.29) is 0 Å². The normalized spacial score (nSPS) is 11.3. The van der Waals surface area contributed by atoms with Gasteiger partial charge in [-0.1, -0.05) is 200 Å². The molecule has 0 atom stereocenters. The van der Waals surface area contributed by atoms with E-state index in [0.717, 1.165) is 45.0 Å². The molecule has 2 heteroatoms. The van der Waals surface area contributed by atoms with Gasteiger partial charge in [0.1, 0.15) is 0 Å². The molecule has 0 aliphatic heterocycles. The van der Waals surface area contributed by atoms with Gasteiger partial charge in [-0.15, -0.1) is 0 Å². The molecule has 66 heavy (non-hydrogen) atoms. The van der Waals surface area contributed by atoms with E-state index in [1.54, 1.807) is 0 Å². The molecular weight excluding hydrogens is 797 g/mol. The fraction of sp³-hybridized carbons (Fsp3) is 0. The Kier molecular flexibility index (Phi) is 9.89. The highest BCUT2D eigenvalue weighted by Gasteiger charge is 2.23. The SMILES string of the molecule is c1ccc(-c2cc(-c3ccc4ccccc4c3)cc(-n3c4ccccc4c4cc(-c5ccccc5N(c5ccccc5)c5ccccc5-c5ccccc5-c5ccccc5)ccc43)c2)cc1. The molecule has 1 heterocycles. The van der Waals surface area contributed by atoms with Gasteiger partial charge in [0.25, 0.3) is 0 Å². The van der Waals surface area contributed by atoms with Crippen molar-refractivity contribution in [3.63, 3.8) is 0 Å². The zero-order valence-corrected chi connectivity index (χ0v) is 36.3. The molecule has 0 amide bonds. The van der Waals surface area contributed by atoms with Crippen molar-refractivity contribution in [2.75, 3.05) is 4.90 Å². The lowest BCUT2D eigenvalue weighted by Crippen LogP contribution is -2.12. The smallest absolute Gasteiger partial charge is 0.0541 e. The molecule has 12 rings (SSSR count). The van der Waals surface area contributed by atoms with Crippen LogP contribution in [-0.2, 0) is 0 Å². The Morgan fingerprint density at radius 1 is 0.258 bits per heavy atom. The average Bonchev–Trinajstić information content (AvgIpc) is 3.73. The molecule has 0 unspecified atom stereocenters. The lowest BCUT2D eigenvalue weighted by atomic mass is 9.92. The van der Waals surface area contributed by atoms with E-state index in [2.05, 4.69) is 276 Å². The molecule has 0 saturated heterocycles. The second kappa shape index (κ2) is 16.8. The summed E-state index contributed by atoms with van der Waals surface area (Å²) in [5, 5.41) is 4.90. The number of hydrogen-bond acceptors (Lipinski definition) is 1. The van der Waals surface area contributed by atoms with Crippen molar-refractivity contribution in [1.29, 1.82) is 0 Å². The highest BCUT2D eigenvalue weighted by molar-refractivity contribution is 6.11. The second-order valence-corrected chi connectivity index (χ2v) is 16.9. The van der Waals surface area contributed by atoms with Gasteiger partial charge in [-0.25, -0.2) is 0 Å². The van der Waals surface area contributed by atoms with E-state index in [1.165, 1.54) is 66.0 Å². The van der Waals surface area contributed by atoms with Gasteiger partial charge in [-0.3, -0.25) is 0 Å². The molecule has 0 aliphatic rings. The fourth-order valence-corrected chi connectivity index (χ4v) is 9.87. The summed E-state index contributed by atoms with van der Waals surface area (Å²) >= 11 is 0. The van der Waals surface area contributed by atoms with Gasteiger partial charge < -0.3 is 9.47 Å². The van der Waals surface area contributed by atoms with Gasteiger partial charge in [0, 0.05) is 33.3 Å². The molecular formula is C64H44N2. The predicted molar refractivity (Wildman–Crippen MR) is 280 cm³/mol. The van der Waals surface area contributed by atoms with Crippen LogP contribution in [0.5, 0.6) is 0 Å². The summed E-state index contributed by atoms with van der Waals surface area (Å²) in [6, 6.07) is 97.0. The summed E-state index contributed by atoms with van der Waals surface area (Å²) in [5.41, 5.74) is 18.6. The first-order valence-corrected chi connectivity index (χ1v) is 22.7. The van der Waals surface area contributed by atoms with Crippen LogP contribution < -0.4 is 4.90 Å². The van der Waals surface area contributed by atoms with E-state index in [9.17, 15) is 0 Å². The Labute approximate surface area is 385 Å². The number of benzene rings is 11. The van der Waals surface area contributed by atoms with Crippen molar-refractivity contribution >= 4 is 49.6 Å². The van der Waals surface area contributed by atoms with Gasteiger partial charge in [0.05, 0.1) is 22.4 Å². The molecule has 11 aromatic carbocycles.